The molecular formula is C4H9NO2S. The van der Waals surface area contributed by atoms with Gasteiger partial charge in [-0.15, -0.1) is 0 Å². The van der Waals surface area contributed by atoms with Crippen LogP contribution in [0, 0.1) is 0 Å². The Morgan fingerprint density at radius 3 is 2.12 bits per heavy atom. The summed E-state index contributed by atoms with van der Waals surface area (Å²) in [5, 5.41) is 0. The van der Waals surface area contributed by atoms with Gasteiger partial charge in [0.25, 0.3) is 0 Å². The average molecular weight is 135 g/mol. The van der Waals surface area contributed by atoms with E-state index in [1.54, 1.807) is 13.0 Å². The van der Waals surface area contributed by atoms with Crippen LogP contribution in [-0.2, 0) is 10.0 Å². The Kier molecular flexibility index (Phi) is 2.54. The molecule has 0 spiro atoms. The summed E-state index contributed by atoms with van der Waals surface area (Å²) in [4.78, 5) is 0. The number of hydrogen-bond donors (Lipinski definition) is 1. The molecule has 4 heteroatoms. The fourth-order valence-corrected chi connectivity index (χ4v) is 0.575. The number of allylic oxidation sites excluding steroid dienone is 1. The smallest absolute Gasteiger partial charge is 0.229 e. The van der Waals surface area contributed by atoms with Gasteiger partial charge in [0.05, 0.1) is 6.26 Å². The molecule has 0 rings (SSSR count). The van der Waals surface area contributed by atoms with Gasteiger partial charge < -0.3 is 0 Å². The van der Waals surface area contributed by atoms with Crippen molar-refractivity contribution in [3.63, 3.8) is 0 Å². The fraction of sp³-hybridized carbons (Fsp3) is 0.500. The van der Waals surface area contributed by atoms with Crippen molar-refractivity contribution in [1.29, 1.82) is 0 Å². The van der Waals surface area contributed by atoms with Crippen molar-refractivity contribution >= 4 is 10.0 Å². The molecular weight excluding hydrogens is 126 g/mol. The predicted octanol–water partition coefficient (Wildman–Crippen LogP) is 0.0692. The van der Waals surface area contributed by atoms with Gasteiger partial charge in [0.1, 0.15) is 0 Å². The van der Waals surface area contributed by atoms with Crippen molar-refractivity contribution in [2.24, 2.45) is 0 Å². The second-order valence-corrected chi connectivity index (χ2v) is 3.17. The molecule has 3 nitrogen and oxygen atoms in total. The molecule has 0 amide bonds. The third-order valence-electron chi connectivity index (χ3n) is 0.449. The molecule has 0 heterocycles. The van der Waals surface area contributed by atoms with Gasteiger partial charge in [-0.25, -0.2) is 8.42 Å². The zero-order valence-corrected chi connectivity index (χ0v) is 5.70. The first-order chi connectivity index (χ1) is 3.56. The summed E-state index contributed by atoms with van der Waals surface area (Å²) in [6.07, 6.45) is 4.09. The Hall–Kier alpha value is -0.510. The first-order valence-corrected chi connectivity index (χ1v) is 4.04. The summed E-state index contributed by atoms with van der Waals surface area (Å²) in [5.41, 5.74) is 0. The minimum absolute atomic E-state index is 1.10. The molecule has 0 aromatic heterocycles. The molecule has 1 N–H and O–H groups in total. The summed E-state index contributed by atoms with van der Waals surface area (Å²) in [6, 6.07) is 0. The van der Waals surface area contributed by atoms with Crippen LogP contribution in [0.3, 0.4) is 0 Å². The van der Waals surface area contributed by atoms with Crippen LogP contribution >= 0.6 is 0 Å². The molecule has 0 atom stereocenters. The second-order valence-electron chi connectivity index (χ2n) is 1.39. The van der Waals surface area contributed by atoms with E-state index < -0.39 is 10.0 Å². The van der Waals surface area contributed by atoms with Gasteiger partial charge in [-0.1, -0.05) is 6.08 Å². The van der Waals surface area contributed by atoms with Crippen LogP contribution in [0.25, 0.3) is 0 Å². The summed E-state index contributed by atoms with van der Waals surface area (Å²) >= 11 is 0. The quantitative estimate of drug-likeness (QED) is 0.582. The van der Waals surface area contributed by atoms with Crippen LogP contribution in [0.4, 0.5) is 0 Å². The number of sulfonamides is 1. The number of nitrogens with one attached hydrogen (secondary N) is 1. The lowest BCUT2D eigenvalue weighted by Gasteiger charge is -1.91. The third kappa shape index (κ3) is 5.49. The van der Waals surface area contributed by atoms with E-state index in [-0.39, 0.29) is 0 Å². The van der Waals surface area contributed by atoms with Crippen LogP contribution in [0.5, 0.6) is 0 Å². The van der Waals surface area contributed by atoms with Crippen molar-refractivity contribution in [2.75, 3.05) is 6.26 Å². The van der Waals surface area contributed by atoms with Gasteiger partial charge in [-0.3, -0.25) is 4.72 Å². The van der Waals surface area contributed by atoms with Gasteiger partial charge in [-0.2, -0.15) is 0 Å². The highest BCUT2D eigenvalue weighted by molar-refractivity contribution is 7.88. The SMILES string of the molecule is CC=CNS(C)(=O)=O. The largest absolute Gasteiger partial charge is 0.291 e. The highest BCUT2D eigenvalue weighted by atomic mass is 32.2. The van der Waals surface area contributed by atoms with Crippen molar-refractivity contribution in [2.45, 2.75) is 6.92 Å². The van der Waals surface area contributed by atoms with E-state index in [1.165, 1.54) is 6.20 Å². The highest BCUT2D eigenvalue weighted by Gasteiger charge is 1.90. The maximum atomic E-state index is 10.2. The standard InChI is InChI=1S/C4H9NO2S/c1-3-4-5-8(2,6)7/h3-5H,1-2H3. The van der Waals surface area contributed by atoms with Crippen molar-refractivity contribution in [3.05, 3.63) is 12.3 Å². The van der Waals surface area contributed by atoms with Gasteiger partial charge in [0.15, 0.2) is 0 Å². The van der Waals surface area contributed by atoms with Crippen LogP contribution in [0.2, 0.25) is 0 Å². The van der Waals surface area contributed by atoms with E-state index in [0.29, 0.717) is 0 Å². The fourth-order valence-electron chi connectivity index (χ4n) is 0.192. The predicted molar refractivity (Wildman–Crippen MR) is 32.8 cm³/mol. The summed E-state index contributed by atoms with van der Waals surface area (Å²) in [6.45, 7) is 1.73. The Morgan fingerprint density at radius 2 is 2.00 bits per heavy atom. The van der Waals surface area contributed by atoms with Crippen LogP contribution in [0.15, 0.2) is 12.3 Å². The third-order valence-corrected chi connectivity index (χ3v) is 1.01. The highest BCUT2D eigenvalue weighted by Crippen LogP contribution is 1.71. The Labute approximate surface area is 49.5 Å². The molecule has 0 aliphatic heterocycles. The molecule has 0 saturated carbocycles. The lowest BCUT2D eigenvalue weighted by atomic mass is 10.7. The zero-order chi connectivity index (χ0) is 6.62. The molecule has 8 heavy (non-hydrogen) atoms. The summed E-state index contributed by atoms with van der Waals surface area (Å²) in [5.74, 6) is 0. The van der Waals surface area contributed by atoms with Gasteiger partial charge in [0.2, 0.25) is 10.0 Å². The average Bonchev–Trinajstić information content (AvgIpc) is 1.59. The normalized spacial score (nSPS) is 12.2. The maximum Gasteiger partial charge on any atom is 0.229 e. The van der Waals surface area contributed by atoms with Crippen LogP contribution in [0.1, 0.15) is 6.92 Å². The first-order valence-electron chi connectivity index (χ1n) is 2.15. The van der Waals surface area contributed by atoms with Gasteiger partial charge in [0, 0.05) is 6.20 Å². The molecule has 0 bridgehead atoms. The van der Waals surface area contributed by atoms with Crippen molar-refractivity contribution < 1.29 is 8.42 Å². The molecule has 48 valence electrons. The van der Waals surface area contributed by atoms with Crippen LogP contribution < -0.4 is 4.72 Å². The maximum absolute atomic E-state index is 10.2. The van der Waals surface area contributed by atoms with E-state index >= 15 is 0 Å². The molecule has 0 aromatic rings. The van der Waals surface area contributed by atoms with Crippen molar-refractivity contribution in [3.8, 4) is 0 Å². The van der Waals surface area contributed by atoms with E-state index in [4.69, 9.17) is 0 Å². The van der Waals surface area contributed by atoms with E-state index in [2.05, 4.69) is 4.72 Å². The van der Waals surface area contributed by atoms with E-state index in [0.717, 1.165) is 6.26 Å². The van der Waals surface area contributed by atoms with Crippen LogP contribution in [-0.4, -0.2) is 14.7 Å². The molecule has 0 radical (unpaired) electrons. The molecule has 0 saturated heterocycles. The van der Waals surface area contributed by atoms with Gasteiger partial charge in [-0.05, 0) is 6.92 Å². The molecule has 0 aliphatic carbocycles. The molecule has 0 aromatic carbocycles. The summed E-state index contributed by atoms with van der Waals surface area (Å²) in [7, 11) is -3.02. The second kappa shape index (κ2) is 2.71. The van der Waals surface area contributed by atoms with E-state index in [1.807, 2.05) is 0 Å². The zero-order valence-electron chi connectivity index (χ0n) is 4.88. The molecule has 0 fully saturated rings. The lowest BCUT2D eigenvalue weighted by Crippen LogP contribution is -2.14. The van der Waals surface area contributed by atoms with Gasteiger partial charge >= 0.3 is 0 Å². The molecule has 0 aliphatic rings. The minimum Gasteiger partial charge on any atom is -0.291 e. The van der Waals surface area contributed by atoms with Crippen molar-refractivity contribution in [1.82, 2.24) is 4.72 Å². The monoisotopic (exact) mass is 135 g/mol. The Balaban J connectivity index is 3.76. The molecule has 0 unspecified atom stereocenters. The Bertz CT molecular complexity index is 168. The minimum atomic E-state index is -3.02. The topological polar surface area (TPSA) is 46.2 Å². The van der Waals surface area contributed by atoms with E-state index in [9.17, 15) is 8.42 Å². The Morgan fingerprint density at radius 1 is 1.50 bits per heavy atom. The lowest BCUT2D eigenvalue weighted by molar-refractivity contribution is 0.596. The number of rotatable bonds is 2. The first kappa shape index (κ1) is 7.49. The summed E-state index contributed by atoms with van der Waals surface area (Å²) < 4.78 is 22.6. The number of hydrogen-bond acceptors (Lipinski definition) is 2.